The highest BCUT2D eigenvalue weighted by Gasteiger charge is 2.12. The quantitative estimate of drug-likeness (QED) is 0.461. The first kappa shape index (κ1) is 21.7. The van der Waals surface area contributed by atoms with Gasteiger partial charge in [-0.1, -0.05) is 56.7 Å². The minimum absolute atomic E-state index is 0.0638. The molecular formula is C22H31NO3. The first-order valence-corrected chi connectivity index (χ1v) is 9.24. The van der Waals surface area contributed by atoms with Gasteiger partial charge in [-0.15, -0.1) is 0 Å². The van der Waals surface area contributed by atoms with Crippen molar-refractivity contribution in [3.8, 4) is 0 Å². The van der Waals surface area contributed by atoms with Crippen LogP contribution >= 0.6 is 0 Å². The molecule has 0 fully saturated rings. The summed E-state index contributed by atoms with van der Waals surface area (Å²) in [5, 5.41) is 8.94. The lowest BCUT2D eigenvalue weighted by molar-refractivity contribution is -0.119. The number of hydrogen-bond donors (Lipinski definition) is 1. The zero-order chi connectivity index (χ0) is 19.5. The SMILES string of the molecule is CC[C@H](/C=C/C=C(\C)CC(C)C)N(C=O)CCc1ccc(C(=O)O)cc1. The molecule has 1 amide bonds. The number of rotatable bonds is 11. The molecule has 0 aliphatic carbocycles. The van der Waals surface area contributed by atoms with Crippen LogP contribution in [-0.2, 0) is 11.2 Å². The third-order valence-electron chi connectivity index (χ3n) is 4.28. The zero-order valence-electron chi connectivity index (χ0n) is 16.3. The summed E-state index contributed by atoms with van der Waals surface area (Å²) in [7, 11) is 0. The Kier molecular flexibility index (Phi) is 9.42. The number of carbonyl (C=O) groups is 2. The number of aromatic carboxylic acids is 1. The molecule has 1 aromatic carbocycles. The molecule has 1 atom stereocenters. The van der Waals surface area contributed by atoms with Gasteiger partial charge < -0.3 is 10.0 Å². The molecule has 1 rings (SSSR count). The predicted molar refractivity (Wildman–Crippen MR) is 106 cm³/mol. The molecule has 0 spiro atoms. The molecule has 1 N–H and O–H groups in total. The normalized spacial score (nSPS) is 13.2. The number of nitrogens with zero attached hydrogens (tertiary/aromatic N) is 1. The maximum Gasteiger partial charge on any atom is 0.335 e. The van der Waals surface area contributed by atoms with E-state index in [1.54, 1.807) is 29.2 Å². The van der Waals surface area contributed by atoms with Gasteiger partial charge in [0.05, 0.1) is 5.56 Å². The van der Waals surface area contributed by atoms with Crippen LogP contribution in [0.5, 0.6) is 0 Å². The number of carboxylic acids is 1. The van der Waals surface area contributed by atoms with Gasteiger partial charge in [0, 0.05) is 12.6 Å². The Hall–Kier alpha value is -2.36. The average Bonchev–Trinajstić information content (AvgIpc) is 2.60. The molecule has 4 heteroatoms. The van der Waals surface area contributed by atoms with Crippen LogP contribution in [0.4, 0.5) is 0 Å². The van der Waals surface area contributed by atoms with Gasteiger partial charge in [-0.25, -0.2) is 4.79 Å². The Morgan fingerprint density at radius 1 is 1.23 bits per heavy atom. The van der Waals surface area contributed by atoms with Crippen molar-refractivity contribution in [2.24, 2.45) is 5.92 Å². The summed E-state index contributed by atoms with van der Waals surface area (Å²) in [4.78, 5) is 24.2. The molecule has 0 bridgehead atoms. The largest absolute Gasteiger partial charge is 0.478 e. The highest BCUT2D eigenvalue weighted by atomic mass is 16.4. The van der Waals surface area contributed by atoms with E-state index in [4.69, 9.17) is 5.11 Å². The van der Waals surface area contributed by atoms with Gasteiger partial charge >= 0.3 is 5.97 Å². The Balaban J connectivity index is 2.66. The van der Waals surface area contributed by atoms with Crippen LogP contribution in [0.2, 0.25) is 0 Å². The Labute approximate surface area is 157 Å². The second kappa shape index (κ2) is 11.3. The maximum atomic E-state index is 11.5. The van der Waals surface area contributed by atoms with Crippen LogP contribution < -0.4 is 0 Å². The molecule has 4 nitrogen and oxygen atoms in total. The van der Waals surface area contributed by atoms with E-state index in [1.807, 2.05) is 6.08 Å². The minimum atomic E-state index is -0.928. The molecule has 0 radical (unpaired) electrons. The third-order valence-corrected chi connectivity index (χ3v) is 4.28. The molecule has 1 aromatic rings. The van der Waals surface area contributed by atoms with Crippen LogP contribution in [0, 0.1) is 5.92 Å². The van der Waals surface area contributed by atoms with Crippen molar-refractivity contribution in [1.29, 1.82) is 0 Å². The molecule has 0 aromatic heterocycles. The van der Waals surface area contributed by atoms with E-state index in [-0.39, 0.29) is 11.6 Å². The Morgan fingerprint density at radius 3 is 2.38 bits per heavy atom. The van der Waals surface area contributed by atoms with Gasteiger partial charge in [-0.2, -0.15) is 0 Å². The molecule has 0 saturated heterocycles. The van der Waals surface area contributed by atoms with Crippen molar-refractivity contribution >= 4 is 12.4 Å². The summed E-state index contributed by atoms with van der Waals surface area (Å²) in [6.45, 7) is 9.20. The van der Waals surface area contributed by atoms with E-state index in [1.165, 1.54) is 5.57 Å². The van der Waals surface area contributed by atoms with E-state index in [2.05, 4.69) is 39.8 Å². The summed E-state index contributed by atoms with van der Waals surface area (Å²) >= 11 is 0. The molecule has 0 saturated carbocycles. The van der Waals surface area contributed by atoms with Crippen molar-refractivity contribution in [2.75, 3.05) is 6.54 Å². The van der Waals surface area contributed by atoms with Crippen LogP contribution in [0.25, 0.3) is 0 Å². The van der Waals surface area contributed by atoms with Crippen molar-refractivity contribution in [3.05, 3.63) is 59.2 Å². The lowest BCUT2D eigenvalue weighted by atomic mass is 10.0. The number of carbonyl (C=O) groups excluding carboxylic acids is 1. The van der Waals surface area contributed by atoms with Crippen molar-refractivity contribution in [2.45, 2.75) is 53.0 Å². The van der Waals surface area contributed by atoms with Crippen molar-refractivity contribution in [3.63, 3.8) is 0 Å². The molecule has 0 heterocycles. The van der Waals surface area contributed by atoms with Crippen molar-refractivity contribution in [1.82, 2.24) is 4.90 Å². The lowest BCUT2D eigenvalue weighted by Gasteiger charge is -2.25. The van der Waals surface area contributed by atoms with Gasteiger partial charge in [0.1, 0.15) is 0 Å². The number of allylic oxidation sites excluding steroid dienone is 3. The standard InChI is InChI=1S/C22H31NO3/c1-5-21(8-6-7-18(4)15-17(2)3)23(16-24)14-13-19-9-11-20(12-10-19)22(25)26/h6-12,16-17,21H,5,13-15H2,1-4H3,(H,25,26)/b8-6+,18-7+/t21-/m1/s1. The van der Waals surface area contributed by atoms with Crippen LogP contribution in [-0.4, -0.2) is 35.0 Å². The molecule has 142 valence electrons. The van der Waals surface area contributed by atoms with Crippen molar-refractivity contribution < 1.29 is 14.7 Å². The number of carboxylic acid groups (broad SMARTS) is 1. The minimum Gasteiger partial charge on any atom is -0.478 e. The molecular weight excluding hydrogens is 326 g/mol. The van der Waals surface area contributed by atoms with E-state index in [9.17, 15) is 9.59 Å². The average molecular weight is 357 g/mol. The first-order valence-electron chi connectivity index (χ1n) is 9.24. The highest BCUT2D eigenvalue weighted by Crippen LogP contribution is 2.12. The smallest absolute Gasteiger partial charge is 0.335 e. The van der Waals surface area contributed by atoms with E-state index in [0.29, 0.717) is 18.9 Å². The molecule has 26 heavy (non-hydrogen) atoms. The second-order valence-electron chi connectivity index (χ2n) is 7.07. The fraction of sp³-hybridized carbons (Fsp3) is 0.455. The topological polar surface area (TPSA) is 57.6 Å². The summed E-state index contributed by atoms with van der Waals surface area (Å²) in [5.41, 5.74) is 2.63. The molecule has 0 unspecified atom stereocenters. The predicted octanol–water partition coefficient (Wildman–Crippen LogP) is 4.71. The fourth-order valence-electron chi connectivity index (χ4n) is 2.91. The summed E-state index contributed by atoms with van der Waals surface area (Å²) in [6.07, 6.45) is 9.77. The van der Waals surface area contributed by atoms with Crippen LogP contribution in [0.3, 0.4) is 0 Å². The van der Waals surface area contributed by atoms with Gasteiger partial charge in [-0.05, 0) is 49.8 Å². The van der Waals surface area contributed by atoms with Gasteiger partial charge in [0.2, 0.25) is 6.41 Å². The van der Waals surface area contributed by atoms with E-state index >= 15 is 0 Å². The Morgan fingerprint density at radius 2 is 1.88 bits per heavy atom. The van der Waals surface area contributed by atoms with Gasteiger partial charge in [0.15, 0.2) is 0 Å². The molecule has 0 aliphatic rings. The second-order valence-corrected chi connectivity index (χ2v) is 7.07. The zero-order valence-corrected chi connectivity index (χ0v) is 16.3. The maximum absolute atomic E-state index is 11.5. The van der Waals surface area contributed by atoms with E-state index < -0.39 is 5.97 Å². The van der Waals surface area contributed by atoms with E-state index in [0.717, 1.165) is 24.8 Å². The summed E-state index contributed by atoms with van der Waals surface area (Å²) < 4.78 is 0. The lowest BCUT2D eigenvalue weighted by Crippen LogP contribution is -2.34. The summed E-state index contributed by atoms with van der Waals surface area (Å²) in [5.74, 6) is -0.288. The number of benzene rings is 1. The number of amides is 1. The highest BCUT2D eigenvalue weighted by molar-refractivity contribution is 5.87. The Bertz CT molecular complexity index is 629. The summed E-state index contributed by atoms with van der Waals surface area (Å²) in [6, 6.07) is 6.88. The monoisotopic (exact) mass is 357 g/mol. The van der Waals surface area contributed by atoms with Crippen LogP contribution in [0.15, 0.2) is 48.1 Å². The van der Waals surface area contributed by atoms with Gasteiger partial charge in [0.25, 0.3) is 0 Å². The fourth-order valence-corrected chi connectivity index (χ4v) is 2.91. The van der Waals surface area contributed by atoms with Gasteiger partial charge in [-0.3, -0.25) is 4.79 Å². The number of hydrogen-bond acceptors (Lipinski definition) is 2. The molecule has 0 aliphatic heterocycles. The van der Waals surface area contributed by atoms with Crippen LogP contribution in [0.1, 0.15) is 56.5 Å². The third kappa shape index (κ3) is 7.68. The first-order chi connectivity index (χ1) is 12.4.